The Morgan fingerprint density at radius 2 is 1.90 bits per heavy atom. The molecule has 0 spiro atoms. The Bertz CT molecular complexity index is 996. The van der Waals surface area contributed by atoms with Crippen LogP contribution in [0.15, 0.2) is 52.6 Å². The molecule has 2 saturated heterocycles. The Morgan fingerprint density at radius 1 is 1.16 bits per heavy atom. The van der Waals surface area contributed by atoms with Gasteiger partial charge >= 0.3 is 0 Å². The number of aliphatic imine (C=N–C) groups is 1. The molecule has 1 aromatic heterocycles. The van der Waals surface area contributed by atoms with Gasteiger partial charge in [0.05, 0.1) is 11.1 Å². The van der Waals surface area contributed by atoms with Crippen LogP contribution in [0, 0.1) is 5.92 Å². The molecule has 1 unspecified atom stereocenters. The van der Waals surface area contributed by atoms with Crippen molar-refractivity contribution in [1.29, 1.82) is 0 Å². The summed E-state index contributed by atoms with van der Waals surface area (Å²) in [7, 11) is 0.389. The number of nitrogens with zero attached hydrogens (tertiary/aromatic N) is 5. The van der Waals surface area contributed by atoms with Crippen LogP contribution in [-0.2, 0) is 17.1 Å². The number of aryl methyl sites for hydroxylation is 1. The minimum Gasteiger partial charge on any atom is -0.356 e. The Labute approximate surface area is 185 Å². The van der Waals surface area contributed by atoms with E-state index in [0.29, 0.717) is 29.8 Å². The number of hydrogen-bond acceptors (Lipinski definition) is 4. The van der Waals surface area contributed by atoms with E-state index in [2.05, 4.69) is 26.5 Å². The van der Waals surface area contributed by atoms with Gasteiger partial charge in [-0.2, -0.15) is 9.40 Å². The van der Waals surface area contributed by atoms with Gasteiger partial charge in [-0.3, -0.25) is 9.67 Å². The summed E-state index contributed by atoms with van der Waals surface area (Å²) in [6.07, 6.45) is 6.87. The van der Waals surface area contributed by atoms with Crippen LogP contribution in [-0.4, -0.2) is 73.1 Å². The molecule has 0 amide bonds. The van der Waals surface area contributed by atoms with Gasteiger partial charge in [0.15, 0.2) is 5.96 Å². The van der Waals surface area contributed by atoms with Crippen molar-refractivity contribution in [1.82, 2.24) is 24.3 Å². The number of benzene rings is 1. The predicted octanol–water partition coefficient (Wildman–Crippen LogP) is 1.89. The molecule has 1 N–H and O–H groups in total. The zero-order valence-corrected chi connectivity index (χ0v) is 19.1. The molecule has 31 heavy (non-hydrogen) atoms. The number of likely N-dealkylation sites (tertiary alicyclic amines) is 1. The predicted molar refractivity (Wildman–Crippen MR) is 121 cm³/mol. The molecule has 2 aromatic rings. The number of piperidine rings is 1. The van der Waals surface area contributed by atoms with Crippen LogP contribution in [0.25, 0.3) is 0 Å². The molecule has 2 aliphatic rings. The first-order valence-electron chi connectivity index (χ1n) is 11.0. The summed E-state index contributed by atoms with van der Waals surface area (Å²) in [5.41, 5.74) is 1.28. The minimum absolute atomic E-state index is 0.379. The summed E-state index contributed by atoms with van der Waals surface area (Å²) in [5, 5.41) is 7.83. The maximum atomic E-state index is 12.8. The molecule has 2 fully saturated rings. The molecule has 0 bridgehead atoms. The second-order valence-electron chi connectivity index (χ2n) is 8.47. The second-order valence-corrected chi connectivity index (χ2v) is 10.4. The second kappa shape index (κ2) is 9.40. The molecular weight excluding hydrogens is 412 g/mol. The van der Waals surface area contributed by atoms with Crippen LogP contribution >= 0.6 is 0 Å². The fourth-order valence-corrected chi connectivity index (χ4v) is 6.03. The smallest absolute Gasteiger partial charge is 0.243 e. The van der Waals surface area contributed by atoms with Crippen LogP contribution in [0.5, 0.6) is 0 Å². The Morgan fingerprint density at radius 3 is 2.55 bits per heavy atom. The molecule has 0 radical (unpaired) electrons. The van der Waals surface area contributed by atoms with Crippen molar-refractivity contribution in [2.24, 2.45) is 18.0 Å². The fraction of sp³-hybridized carbons (Fsp3) is 0.545. The van der Waals surface area contributed by atoms with Gasteiger partial charge in [0, 0.05) is 58.9 Å². The van der Waals surface area contributed by atoms with E-state index in [9.17, 15) is 8.42 Å². The molecule has 4 rings (SSSR count). The molecule has 1 atom stereocenters. The van der Waals surface area contributed by atoms with Crippen molar-refractivity contribution >= 4 is 16.0 Å². The molecule has 0 aliphatic carbocycles. The third-order valence-electron chi connectivity index (χ3n) is 6.40. The molecule has 168 valence electrons. The number of guanidine groups is 1. The van der Waals surface area contributed by atoms with E-state index >= 15 is 0 Å². The number of sulfonamides is 1. The maximum absolute atomic E-state index is 12.8. The van der Waals surface area contributed by atoms with E-state index < -0.39 is 10.0 Å². The van der Waals surface area contributed by atoms with Crippen LogP contribution in [0.3, 0.4) is 0 Å². The lowest BCUT2D eigenvalue weighted by atomic mass is 9.98. The van der Waals surface area contributed by atoms with Gasteiger partial charge in [-0.25, -0.2) is 8.42 Å². The Hall–Kier alpha value is -2.39. The van der Waals surface area contributed by atoms with Gasteiger partial charge < -0.3 is 10.2 Å². The maximum Gasteiger partial charge on any atom is 0.243 e. The number of hydrogen-bond donors (Lipinski definition) is 1. The zero-order valence-electron chi connectivity index (χ0n) is 18.3. The van der Waals surface area contributed by atoms with E-state index in [1.54, 1.807) is 28.6 Å². The highest BCUT2D eigenvalue weighted by Crippen LogP contribution is 2.27. The van der Waals surface area contributed by atoms with Gasteiger partial charge in [-0.15, -0.1) is 0 Å². The van der Waals surface area contributed by atoms with Gasteiger partial charge in [-0.05, 0) is 42.9 Å². The van der Waals surface area contributed by atoms with Crippen LogP contribution in [0.4, 0.5) is 0 Å². The fourth-order valence-electron chi connectivity index (χ4n) is 4.54. The molecule has 1 aromatic carbocycles. The zero-order chi connectivity index (χ0) is 21.8. The Balaban J connectivity index is 1.26. The van der Waals surface area contributed by atoms with E-state index in [0.717, 1.165) is 44.9 Å². The summed E-state index contributed by atoms with van der Waals surface area (Å²) >= 11 is 0. The van der Waals surface area contributed by atoms with Crippen molar-refractivity contribution < 1.29 is 8.42 Å². The topological polar surface area (TPSA) is 82.8 Å². The molecular formula is C22H32N6O2S. The van der Waals surface area contributed by atoms with Crippen molar-refractivity contribution in [3.8, 4) is 0 Å². The van der Waals surface area contributed by atoms with Crippen LogP contribution in [0.2, 0.25) is 0 Å². The average molecular weight is 445 g/mol. The molecule has 2 aliphatic heterocycles. The lowest BCUT2D eigenvalue weighted by Crippen LogP contribution is -2.45. The summed E-state index contributed by atoms with van der Waals surface area (Å²) < 4.78 is 29.1. The highest BCUT2D eigenvalue weighted by molar-refractivity contribution is 7.89. The van der Waals surface area contributed by atoms with Crippen molar-refractivity contribution in [2.45, 2.75) is 30.1 Å². The first-order valence-corrected chi connectivity index (χ1v) is 12.4. The van der Waals surface area contributed by atoms with Crippen LogP contribution < -0.4 is 5.32 Å². The number of rotatable bonds is 5. The first kappa shape index (κ1) is 21.8. The number of nitrogens with one attached hydrogen (secondary N) is 1. The van der Waals surface area contributed by atoms with Gasteiger partial charge in [0.25, 0.3) is 0 Å². The lowest BCUT2D eigenvalue weighted by molar-refractivity contribution is 0.272. The summed E-state index contributed by atoms with van der Waals surface area (Å²) in [6, 6.07) is 8.71. The highest BCUT2D eigenvalue weighted by atomic mass is 32.2. The van der Waals surface area contributed by atoms with E-state index in [1.807, 2.05) is 31.0 Å². The third kappa shape index (κ3) is 4.93. The van der Waals surface area contributed by atoms with Crippen LogP contribution in [0.1, 0.15) is 30.7 Å². The summed E-state index contributed by atoms with van der Waals surface area (Å²) in [4.78, 5) is 7.18. The minimum atomic E-state index is -3.39. The summed E-state index contributed by atoms with van der Waals surface area (Å²) in [6.45, 7) is 3.87. The largest absolute Gasteiger partial charge is 0.356 e. The normalized spacial score (nSPS) is 21.5. The lowest BCUT2D eigenvalue weighted by Gasteiger charge is -2.32. The molecule has 8 nitrogen and oxygen atoms in total. The van der Waals surface area contributed by atoms with E-state index in [1.165, 1.54) is 5.56 Å². The van der Waals surface area contributed by atoms with Crippen molar-refractivity contribution in [3.05, 3.63) is 48.3 Å². The van der Waals surface area contributed by atoms with Crippen molar-refractivity contribution in [2.75, 3.05) is 39.8 Å². The molecule has 3 heterocycles. The molecule has 9 heteroatoms. The first-order chi connectivity index (χ1) is 15.0. The van der Waals surface area contributed by atoms with Gasteiger partial charge in [-0.1, -0.05) is 18.2 Å². The monoisotopic (exact) mass is 444 g/mol. The van der Waals surface area contributed by atoms with E-state index in [4.69, 9.17) is 0 Å². The Kier molecular flexibility index (Phi) is 6.62. The number of aromatic nitrogens is 2. The van der Waals surface area contributed by atoms with Crippen molar-refractivity contribution in [3.63, 3.8) is 0 Å². The third-order valence-corrected chi connectivity index (χ3v) is 8.31. The van der Waals surface area contributed by atoms with Gasteiger partial charge in [0.2, 0.25) is 10.0 Å². The van der Waals surface area contributed by atoms with Gasteiger partial charge in [0.1, 0.15) is 0 Å². The van der Waals surface area contributed by atoms with E-state index in [-0.39, 0.29) is 0 Å². The quantitative estimate of drug-likeness (QED) is 0.563. The molecule has 0 saturated carbocycles. The standard InChI is InChI=1S/C22H32N6O2S/c1-23-22(27-11-10-19(17-27)20-15-25-26(2)16-20)24-14-18-8-12-28(13-9-18)31(29,30)21-6-4-3-5-7-21/h3-7,15-16,18-19H,8-14,17H2,1-2H3,(H,23,24). The SMILES string of the molecule is CN=C(NCC1CCN(S(=O)(=O)c2ccccc2)CC1)N1CCC(c2cnn(C)c2)C1. The average Bonchev–Trinajstić information content (AvgIpc) is 3.44. The highest BCUT2D eigenvalue weighted by Gasteiger charge is 2.30. The summed E-state index contributed by atoms with van der Waals surface area (Å²) in [5.74, 6) is 1.86.